The van der Waals surface area contributed by atoms with Gasteiger partial charge in [-0.1, -0.05) is 75.7 Å². The SMILES string of the molecule is Cc1cccc(CS(=O)(=O)c2ncc(CN(CC(C)C)C(=O)c3ccccc3C)n2CC(C)C)c1. The topological polar surface area (TPSA) is 72.3 Å². The van der Waals surface area contributed by atoms with Gasteiger partial charge >= 0.3 is 0 Å². The van der Waals surface area contributed by atoms with Crippen molar-refractivity contribution in [1.29, 1.82) is 0 Å². The molecule has 3 aromatic rings. The Balaban J connectivity index is 1.98. The summed E-state index contributed by atoms with van der Waals surface area (Å²) >= 11 is 0. The Morgan fingerprint density at radius 1 is 1.00 bits per heavy atom. The molecule has 0 radical (unpaired) electrons. The Bertz CT molecular complexity index is 1280. The van der Waals surface area contributed by atoms with Crippen LogP contribution in [0, 0.1) is 25.7 Å². The van der Waals surface area contributed by atoms with Crippen LogP contribution in [0.1, 0.15) is 60.4 Å². The molecule has 1 amide bonds. The molecule has 3 rings (SSSR count). The Labute approximate surface area is 209 Å². The van der Waals surface area contributed by atoms with Crippen LogP contribution in [0.25, 0.3) is 0 Å². The molecule has 188 valence electrons. The van der Waals surface area contributed by atoms with Crippen LogP contribution in [0.5, 0.6) is 0 Å². The number of aromatic nitrogens is 2. The molecule has 0 aliphatic heterocycles. The minimum absolute atomic E-state index is 0.0572. The highest BCUT2D eigenvalue weighted by Crippen LogP contribution is 2.22. The van der Waals surface area contributed by atoms with Gasteiger partial charge in [0.05, 0.1) is 24.2 Å². The van der Waals surface area contributed by atoms with E-state index in [1.54, 1.807) is 15.7 Å². The fourth-order valence-electron chi connectivity index (χ4n) is 4.25. The molecule has 1 aromatic heterocycles. The highest BCUT2D eigenvalue weighted by atomic mass is 32.2. The summed E-state index contributed by atoms with van der Waals surface area (Å²) in [6.07, 6.45) is 1.62. The second-order valence-electron chi connectivity index (χ2n) is 10.2. The van der Waals surface area contributed by atoms with Crippen LogP contribution >= 0.6 is 0 Å². The number of hydrogen-bond donors (Lipinski definition) is 0. The Morgan fingerprint density at radius 3 is 2.34 bits per heavy atom. The number of imidazole rings is 1. The van der Waals surface area contributed by atoms with Crippen LogP contribution in [0.4, 0.5) is 0 Å². The van der Waals surface area contributed by atoms with Crippen molar-refractivity contribution in [2.24, 2.45) is 11.8 Å². The molecular weight excluding hydrogens is 458 g/mol. The predicted molar refractivity (Wildman–Crippen MR) is 140 cm³/mol. The summed E-state index contributed by atoms with van der Waals surface area (Å²) in [6.45, 7) is 13.5. The fraction of sp³-hybridized carbons (Fsp3) is 0.429. The molecule has 0 aliphatic carbocycles. The lowest BCUT2D eigenvalue weighted by Gasteiger charge is -2.26. The van der Waals surface area contributed by atoms with Crippen molar-refractivity contribution in [1.82, 2.24) is 14.5 Å². The van der Waals surface area contributed by atoms with Crippen LogP contribution in [-0.2, 0) is 28.7 Å². The average molecular weight is 496 g/mol. The lowest BCUT2D eigenvalue weighted by atomic mass is 10.1. The molecule has 0 fully saturated rings. The zero-order valence-corrected chi connectivity index (χ0v) is 22.5. The molecule has 0 saturated heterocycles. The van der Waals surface area contributed by atoms with Crippen molar-refractivity contribution >= 4 is 15.7 Å². The maximum Gasteiger partial charge on any atom is 0.254 e. The maximum absolute atomic E-state index is 13.5. The molecule has 0 N–H and O–H groups in total. The number of rotatable bonds is 10. The van der Waals surface area contributed by atoms with Gasteiger partial charge in [-0.2, -0.15) is 0 Å². The van der Waals surface area contributed by atoms with Gasteiger partial charge in [-0.25, -0.2) is 13.4 Å². The minimum atomic E-state index is -3.68. The van der Waals surface area contributed by atoms with Gasteiger partial charge in [-0.15, -0.1) is 0 Å². The second kappa shape index (κ2) is 11.2. The summed E-state index contributed by atoms with van der Waals surface area (Å²) in [4.78, 5) is 19.7. The van der Waals surface area contributed by atoms with Gasteiger partial charge in [0.1, 0.15) is 0 Å². The molecule has 0 saturated carbocycles. The zero-order chi connectivity index (χ0) is 25.8. The lowest BCUT2D eigenvalue weighted by molar-refractivity contribution is 0.0717. The van der Waals surface area contributed by atoms with Gasteiger partial charge < -0.3 is 9.47 Å². The van der Waals surface area contributed by atoms with Gasteiger partial charge in [0.2, 0.25) is 15.0 Å². The fourth-order valence-corrected chi connectivity index (χ4v) is 5.74. The highest BCUT2D eigenvalue weighted by molar-refractivity contribution is 7.90. The first-order valence-corrected chi connectivity index (χ1v) is 13.8. The first-order valence-electron chi connectivity index (χ1n) is 12.2. The van der Waals surface area contributed by atoms with Gasteiger partial charge in [0, 0.05) is 18.7 Å². The molecule has 0 spiro atoms. The molecule has 0 unspecified atom stereocenters. The smallest absolute Gasteiger partial charge is 0.254 e. The van der Waals surface area contributed by atoms with E-state index < -0.39 is 9.84 Å². The number of benzene rings is 2. The molecule has 0 atom stereocenters. The maximum atomic E-state index is 13.5. The van der Waals surface area contributed by atoms with E-state index >= 15 is 0 Å². The van der Waals surface area contributed by atoms with E-state index in [0.717, 1.165) is 22.4 Å². The van der Waals surface area contributed by atoms with E-state index in [-0.39, 0.29) is 28.7 Å². The van der Waals surface area contributed by atoms with E-state index in [1.807, 2.05) is 76.2 Å². The standard InChI is InChI=1S/C28H37N3O3S/c1-20(2)16-30(27(32)26-13-8-7-11-23(26)6)18-25-15-29-28(31(25)17-21(3)4)35(33,34)19-24-12-9-10-22(5)14-24/h7-15,20-21H,16-19H2,1-6H3. The molecule has 0 bridgehead atoms. The first-order chi connectivity index (χ1) is 16.5. The van der Waals surface area contributed by atoms with Gasteiger partial charge in [-0.3, -0.25) is 4.79 Å². The molecule has 35 heavy (non-hydrogen) atoms. The monoisotopic (exact) mass is 495 g/mol. The van der Waals surface area contributed by atoms with Crippen LogP contribution in [0.3, 0.4) is 0 Å². The summed E-state index contributed by atoms with van der Waals surface area (Å²) in [7, 11) is -3.68. The van der Waals surface area contributed by atoms with Crippen LogP contribution < -0.4 is 0 Å². The lowest BCUT2D eigenvalue weighted by Crippen LogP contribution is -2.35. The molecule has 1 heterocycles. The number of carbonyl (C=O) groups excluding carboxylic acids is 1. The van der Waals surface area contributed by atoms with Crippen molar-refractivity contribution in [3.63, 3.8) is 0 Å². The summed E-state index contributed by atoms with van der Waals surface area (Å²) in [5.41, 5.74) is 4.06. The van der Waals surface area contributed by atoms with Crippen LogP contribution in [-0.4, -0.2) is 35.3 Å². The number of hydrogen-bond acceptors (Lipinski definition) is 4. The van der Waals surface area contributed by atoms with Gasteiger partial charge in [0.15, 0.2) is 0 Å². The van der Waals surface area contributed by atoms with Gasteiger partial charge in [0.25, 0.3) is 5.91 Å². The summed E-state index contributed by atoms with van der Waals surface area (Å²) in [6, 6.07) is 15.1. The summed E-state index contributed by atoms with van der Waals surface area (Å²) in [5.74, 6) is 0.301. The van der Waals surface area contributed by atoms with Crippen molar-refractivity contribution in [2.45, 2.75) is 65.5 Å². The Morgan fingerprint density at radius 2 is 1.71 bits per heavy atom. The third kappa shape index (κ3) is 6.82. The Kier molecular flexibility index (Phi) is 8.54. The normalized spacial score (nSPS) is 11.9. The van der Waals surface area contributed by atoms with E-state index in [2.05, 4.69) is 18.8 Å². The number of carbonyl (C=O) groups is 1. The molecule has 2 aromatic carbocycles. The summed E-state index contributed by atoms with van der Waals surface area (Å²) in [5, 5.41) is 0.0653. The Hall–Kier alpha value is -2.93. The quantitative estimate of drug-likeness (QED) is 0.376. The molecular formula is C28H37N3O3S. The zero-order valence-electron chi connectivity index (χ0n) is 21.7. The van der Waals surface area contributed by atoms with Crippen molar-refractivity contribution in [3.05, 3.63) is 82.7 Å². The second-order valence-corrected chi connectivity index (χ2v) is 12.1. The molecule has 7 heteroatoms. The third-order valence-electron chi connectivity index (χ3n) is 5.77. The van der Waals surface area contributed by atoms with E-state index in [0.29, 0.717) is 25.2 Å². The predicted octanol–water partition coefficient (Wildman–Crippen LogP) is 5.43. The van der Waals surface area contributed by atoms with Crippen molar-refractivity contribution in [3.8, 4) is 0 Å². The minimum Gasteiger partial charge on any atom is -0.332 e. The van der Waals surface area contributed by atoms with Crippen molar-refractivity contribution in [2.75, 3.05) is 6.54 Å². The summed E-state index contributed by atoms with van der Waals surface area (Å²) < 4.78 is 28.6. The first kappa shape index (κ1) is 26.7. The average Bonchev–Trinajstić information content (AvgIpc) is 3.15. The van der Waals surface area contributed by atoms with Crippen molar-refractivity contribution < 1.29 is 13.2 Å². The molecule has 6 nitrogen and oxygen atoms in total. The van der Waals surface area contributed by atoms with E-state index in [1.165, 1.54) is 0 Å². The third-order valence-corrected chi connectivity index (χ3v) is 7.36. The number of nitrogens with zero attached hydrogens (tertiary/aromatic N) is 3. The number of aryl methyl sites for hydroxylation is 2. The van der Waals surface area contributed by atoms with Crippen LogP contribution in [0.2, 0.25) is 0 Å². The van der Waals surface area contributed by atoms with Gasteiger partial charge in [-0.05, 0) is 42.9 Å². The van der Waals surface area contributed by atoms with E-state index in [9.17, 15) is 13.2 Å². The number of amides is 1. The van der Waals surface area contributed by atoms with E-state index in [4.69, 9.17) is 0 Å². The molecule has 0 aliphatic rings. The highest BCUT2D eigenvalue weighted by Gasteiger charge is 2.27. The largest absolute Gasteiger partial charge is 0.332 e. The van der Waals surface area contributed by atoms with Crippen LogP contribution in [0.15, 0.2) is 59.9 Å². The number of sulfone groups is 1.